The first-order valence-corrected chi connectivity index (χ1v) is 8.72. The van der Waals surface area contributed by atoms with Crippen LogP contribution in [-0.4, -0.2) is 6.61 Å². The minimum atomic E-state index is -1.50. The maximum atomic E-state index is 5.85. The van der Waals surface area contributed by atoms with Crippen molar-refractivity contribution in [2.75, 3.05) is 6.61 Å². The van der Waals surface area contributed by atoms with Gasteiger partial charge < -0.3 is 0 Å². The number of allylic oxidation sites excluding steroid dienone is 4. The van der Waals surface area contributed by atoms with Gasteiger partial charge in [0.2, 0.25) is 0 Å². The average molecular weight is 322 g/mol. The fraction of sp³-hybridized carbons (Fsp3) is 0.286. The van der Waals surface area contributed by atoms with Crippen molar-refractivity contribution >= 4 is 34.3 Å². The third-order valence-corrected chi connectivity index (χ3v) is 5.78. The normalized spacial score (nSPS) is 12.4. The van der Waals surface area contributed by atoms with Gasteiger partial charge in [-0.05, 0) is 0 Å². The van der Waals surface area contributed by atoms with E-state index in [0.29, 0.717) is 0 Å². The molecular weight excluding hydrogens is 303 g/mol. The molecule has 1 aliphatic carbocycles. The Labute approximate surface area is 128 Å². The molecule has 0 radical (unpaired) electrons. The summed E-state index contributed by atoms with van der Waals surface area (Å²) in [4.78, 5) is 0. The SMILES string of the molecule is CC[O][Ti]([CH3])[c]1ccccc1C1=CC=CC1.Cl.Cl. The number of hydrogen-bond donors (Lipinski definition) is 0. The number of rotatable bonds is 4. The predicted molar refractivity (Wildman–Crippen MR) is 79.8 cm³/mol. The second-order valence-corrected chi connectivity index (χ2v) is 6.89. The third-order valence-electron chi connectivity index (χ3n) is 2.78. The molecule has 1 nitrogen and oxygen atoms in total. The molecule has 99 valence electrons. The van der Waals surface area contributed by atoms with Crippen LogP contribution in [0.5, 0.6) is 0 Å². The molecule has 1 aromatic rings. The smallest absolute Gasteiger partial charge is 0.147 e. The Morgan fingerprint density at radius 1 is 1.22 bits per heavy atom. The quantitative estimate of drug-likeness (QED) is 0.758. The van der Waals surface area contributed by atoms with Gasteiger partial charge in [-0.1, -0.05) is 0 Å². The first kappa shape index (κ1) is 18.0. The molecule has 0 spiro atoms. The summed E-state index contributed by atoms with van der Waals surface area (Å²) in [5, 5.41) is 2.28. The molecule has 0 N–H and O–H groups in total. The summed E-state index contributed by atoms with van der Waals surface area (Å²) in [7, 11) is 0. The molecule has 1 aliphatic rings. The van der Waals surface area contributed by atoms with Crippen molar-refractivity contribution in [3.63, 3.8) is 0 Å². The molecule has 4 heteroatoms. The van der Waals surface area contributed by atoms with Crippen LogP contribution in [0.15, 0.2) is 42.5 Å². The molecule has 0 amide bonds. The summed E-state index contributed by atoms with van der Waals surface area (Å²) in [6.45, 7) is 2.91. The molecule has 0 heterocycles. The van der Waals surface area contributed by atoms with Gasteiger partial charge in [0.05, 0.1) is 0 Å². The van der Waals surface area contributed by atoms with Crippen molar-refractivity contribution < 1.29 is 21.6 Å². The Balaban J connectivity index is 0.00000144. The maximum absolute atomic E-state index is 5.85. The fourth-order valence-electron chi connectivity index (χ4n) is 2.01. The van der Waals surface area contributed by atoms with Gasteiger partial charge in [0.1, 0.15) is 0 Å². The van der Waals surface area contributed by atoms with Crippen LogP contribution in [0, 0.1) is 0 Å². The first-order valence-electron chi connectivity index (χ1n) is 5.74. The Bertz CT molecular complexity index is 430. The van der Waals surface area contributed by atoms with E-state index in [0.717, 1.165) is 13.0 Å². The molecule has 0 unspecified atom stereocenters. The van der Waals surface area contributed by atoms with Gasteiger partial charge >= 0.3 is 104 Å². The molecule has 0 fully saturated rings. The van der Waals surface area contributed by atoms with E-state index in [1.54, 1.807) is 0 Å². The molecule has 0 saturated carbocycles. The van der Waals surface area contributed by atoms with Crippen molar-refractivity contribution in [3.05, 3.63) is 48.1 Å². The van der Waals surface area contributed by atoms with Crippen LogP contribution in [-0.2, 0) is 21.6 Å². The molecule has 0 aromatic heterocycles. The van der Waals surface area contributed by atoms with Crippen molar-refractivity contribution in [1.29, 1.82) is 0 Å². The van der Waals surface area contributed by atoms with E-state index in [-0.39, 0.29) is 24.8 Å². The maximum Gasteiger partial charge on any atom is -0.147 e. The van der Waals surface area contributed by atoms with E-state index >= 15 is 0 Å². The fourth-order valence-corrected chi connectivity index (χ4v) is 4.42. The Hall–Kier alpha value is -0.0457. The Kier molecular flexibility index (Phi) is 8.93. The van der Waals surface area contributed by atoms with Crippen molar-refractivity contribution in [1.82, 2.24) is 0 Å². The van der Waals surface area contributed by atoms with Gasteiger partial charge in [-0.3, -0.25) is 0 Å². The van der Waals surface area contributed by atoms with Gasteiger partial charge in [0.25, 0.3) is 0 Å². The largest absolute Gasteiger partial charge is 0.147 e. The van der Waals surface area contributed by atoms with Crippen LogP contribution in [0.3, 0.4) is 0 Å². The molecule has 0 aliphatic heterocycles. The van der Waals surface area contributed by atoms with Crippen molar-refractivity contribution in [3.8, 4) is 0 Å². The summed E-state index contributed by atoms with van der Waals surface area (Å²) < 4.78 is 7.30. The summed E-state index contributed by atoms with van der Waals surface area (Å²) in [5.74, 6) is 0. The van der Waals surface area contributed by atoms with E-state index in [4.69, 9.17) is 3.32 Å². The predicted octanol–water partition coefficient (Wildman–Crippen LogP) is 4.12. The van der Waals surface area contributed by atoms with E-state index < -0.39 is 18.3 Å². The molecule has 0 saturated heterocycles. The Morgan fingerprint density at radius 3 is 2.56 bits per heavy atom. The summed E-state index contributed by atoms with van der Waals surface area (Å²) in [6, 6.07) is 8.70. The zero-order valence-electron chi connectivity index (χ0n) is 10.7. The zero-order chi connectivity index (χ0) is 11.4. The number of benzene rings is 1. The van der Waals surface area contributed by atoms with Gasteiger partial charge in [0, 0.05) is 0 Å². The van der Waals surface area contributed by atoms with Gasteiger partial charge in [-0.2, -0.15) is 0 Å². The monoisotopic (exact) mass is 321 g/mol. The molecule has 1 aromatic carbocycles. The first-order chi connectivity index (χ1) is 7.83. The molecule has 18 heavy (non-hydrogen) atoms. The molecule has 0 bridgehead atoms. The van der Waals surface area contributed by atoms with Crippen LogP contribution in [0.25, 0.3) is 5.57 Å². The third kappa shape index (κ3) is 4.26. The minimum Gasteiger partial charge on any atom is -0.147 e. The van der Waals surface area contributed by atoms with E-state index in [1.807, 2.05) is 0 Å². The molecule has 2 rings (SSSR count). The summed E-state index contributed by atoms with van der Waals surface area (Å²) in [6.07, 6.45) is 7.63. The molecule has 0 atom stereocenters. The number of hydrogen-bond acceptors (Lipinski definition) is 1. The summed E-state index contributed by atoms with van der Waals surface area (Å²) >= 11 is -1.50. The van der Waals surface area contributed by atoms with Gasteiger partial charge in [-0.25, -0.2) is 0 Å². The topological polar surface area (TPSA) is 9.23 Å². The summed E-state index contributed by atoms with van der Waals surface area (Å²) in [5.41, 5.74) is 2.83. The van der Waals surface area contributed by atoms with Crippen molar-refractivity contribution in [2.45, 2.75) is 18.6 Å². The van der Waals surface area contributed by atoms with Crippen LogP contribution in [0.4, 0.5) is 0 Å². The average Bonchev–Trinajstić information content (AvgIpc) is 2.83. The van der Waals surface area contributed by atoms with Crippen molar-refractivity contribution in [2.24, 2.45) is 0 Å². The van der Waals surface area contributed by atoms with Crippen LogP contribution >= 0.6 is 24.8 Å². The van der Waals surface area contributed by atoms with E-state index in [1.165, 1.54) is 15.0 Å². The van der Waals surface area contributed by atoms with Gasteiger partial charge in [0.15, 0.2) is 0 Å². The van der Waals surface area contributed by atoms with Crippen LogP contribution in [0.1, 0.15) is 18.9 Å². The zero-order valence-corrected chi connectivity index (χ0v) is 13.9. The van der Waals surface area contributed by atoms with Crippen LogP contribution in [0.2, 0.25) is 5.23 Å². The van der Waals surface area contributed by atoms with Crippen LogP contribution < -0.4 is 3.87 Å². The Morgan fingerprint density at radius 2 is 1.94 bits per heavy atom. The number of halogens is 2. The van der Waals surface area contributed by atoms with Gasteiger partial charge in [-0.15, -0.1) is 24.8 Å². The van der Waals surface area contributed by atoms with E-state index in [9.17, 15) is 0 Å². The van der Waals surface area contributed by atoms with E-state index in [2.05, 4.69) is 54.6 Å². The minimum absolute atomic E-state index is 0. The molecular formula is C14H19Cl2OTi. The second-order valence-electron chi connectivity index (χ2n) is 3.86. The standard InChI is InChI=1S/C11H9.C2H5O.CH3.2ClH.Ti/c1-2-6-10(7-3-1)11-8-4-5-9-11;1-2-3;;;;/h1-6,8H,9H2;2H2,1H3;1H3;2*1H;/q;-1;;;;+1. The second kappa shape index (κ2) is 8.95.